The number of likely N-dealkylation sites (tertiary alicyclic amines) is 1. The van der Waals surface area contributed by atoms with Gasteiger partial charge in [0.2, 0.25) is 0 Å². The first-order valence-electron chi connectivity index (χ1n) is 11.9. The maximum absolute atomic E-state index is 6.30. The molecule has 5 heterocycles. The SMILES string of the molecule is Cc1ccc2c(c1)OC[C@H](N1C[C@H]3COC[C@H]3C1)[C@H]2Nc1ncnc2[nH]c(C3CC3)cc12. The Morgan fingerprint density at radius 3 is 2.72 bits per heavy atom. The molecule has 1 aromatic carbocycles. The highest BCUT2D eigenvalue weighted by Crippen LogP contribution is 2.43. The molecule has 166 valence electrons. The number of nitrogens with zero attached hydrogens (tertiary/aromatic N) is 3. The summed E-state index contributed by atoms with van der Waals surface area (Å²) in [7, 11) is 0. The molecule has 7 heteroatoms. The van der Waals surface area contributed by atoms with Crippen LogP contribution in [0.2, 0.25) is 0 Å². The number of rotatable bonds is 4. The number of aromatic amines is 1. The normalized spacial score (nSPS) is 29.7. The maximum Gasteiger partial charge on any atom is 0.143 e. The zero-order valence-electron chi connectivity index (χ0n) is 18.4. The van der Waals surface area contributed by atoms with E-state index < -0.39 is 0 Å². The monoisotopic (exact) mass is 431 g/mol. The lowest BCUT2D eigenvalue weighted by Crippen LogP contribution is -2.48. The minimum atomic E-state index is 0.108. The molecule has 0 unspecified atom stereocenters. The number of ether oxygens (including phenoxy) is 2. The van der Waals surface area contributed by atoms with Gasteiger partial charge in [0.05, 0.1) is 30.7 Å². The molecular formula is C25H29N5O2. The van der Waals surface area contributed by atoms with E-state index in [4.69, 9.17) is 9.47 Å². The van der Waals surface area contributed by atoms with Crippen LogP contribution in [0.4, 0.5) is 5.82 Å². The molecular weight excluding hydrogens is 402 g/mol. The Kier molecular flexibility index (Phi) is 4.24. The Bertz CT molecular complexity index is 1160. The number of aromatic nitrogens is 3. The summed E-state index contributed by atoms with van der Waals surface area (Å²) in [6.07, 6.45) is 4.19. The molecule has 2 N–H and O–H groups in total. The molecule has 32 heavy (non-hydrogen) atoms. The molecule has 4 aliphatic rings. The lowest BCUT2D eigenvalue weighted by Gasteiger charge is -2.40. The summed E-state index contributed by atoms with van der Waals surface area (Å²) < 4.78 is 12.0. The Morgan fingerprint density at radius 2 is 1.91 bits per heavy atom. The molecule has 7 rings (SSSR count). The second-order valence-electron chi connectivity index (χ2n) is 10.0. The summed E-state index contributed by atoms with van der Waals surface area (Å²) in [5.41, 5.74) is 4.64. The topological polar surface area (TPSA) is 75.3 Å². The molecule has 2 saturated heterocycles. The Hall–Kier alpha value is -2.64. The van der Waals surface area contributed by atoms with E-state index in [-0.39, 0.29) is 12.1 Å². The summed E-state index contributed by atoms with van der Waals surface area (Å²) >= 11 is 0. The van der Waals surface area contributed by atoms with Crippen LogP contribution in [-0.2, 0) is 4.74 Å². The smallest absolute Gasteiger partial charge is 0.143 e. The summed E-state index contributed by atoms with van der Waals surface area (Å²) in [5, 5.41) is 4.92. The molecule has 1 saturated carbocycles. The quantitative estimate of drug-likeness (QED) is 0.657. The fraction of sp³-hybridized carbons (Fsp3) is 0.520. The van der Waals surface area contributed by atoms with Gasteiger partial charge in [-0.1, -0.05) is 12.1 Å². The van der Waals surface area contributed by atoms with Crippen molar-refractivity contribution in [1.29, 1.82) is 0 Å². The third-order valence-corrected chi connectivity index (χ3v) is 7.79. The van der Waals surface area contributed by atoms with Crippen LogP contribution in [0, 0.1) is 18.8 Å². The highest BCUT2D eigenvalue weighted by molar-refractivity contribution is 5.88. The molecule has 0 bridgehead atoms. The first kappa shape index (κ1) is 18.9. The van der Waals surface area contributed by atoms with Gasteiger partial charge in [-0.15, -0.1) is 0 Å². The minimum Gasteiger partial charge on any atom is -0.491 e. The van der Waals surface area contributed by atoms with Crippen molar-refractivity contribution in [2.75, 3.05) is 38.2 Å². The molecule has 0 amide bonds. The Balaban J connectivity index is 1.26. The second-order valence-corrected chi connectivity index (χ2v) is 10.0. The van der Waals surface area contributed by atoms with Gasteiger partial charge in [0.15, 0.2) is 0 Å². The highest BCUT2D eigenvalue weighted by atomic mass is 16.5. The second kappa shape index (κ2) is 7.18. The van der Waals surface area contributed by atoms with E-state index >= 15 is 0 Å². The molecule has 3 aliphatic heterocycles. The standard InChI is InChI=1S/C25H29N5O2/c1-14-2-5-18-22(6-14)32-12-21(30-8-16-10-31-11-17(16)9-30)23(18)29-25-19-7-20(15-3-4-15)28-24(19)26-13-27-25/h2,5-7,13,15-17,21,23H,3-4,8-12H2,1H3,(H2,26,27,28,29)/t16-,17+,21-,23-/m0/s1. The van der Waals surface area contributed by atoms with Gasteiger partial charge in [-0.2, -0.15) is 0 Å². The van der Waals surface area contributed by atoms with Gasteiger partial charge >= 0.3 is 0 Å². The minimum absolute atomic E-state index is 0.108. The Labute approximate surface area is 187 Å². The van der Waals surface area contributed by atoms with Gasteiger partial charge in [-0.05, 0) is 43.4 Å². The van der Waals surface area contributed by atoms with Crippen LogP contribution >= 0.6 is 0 Å². The average molecular weight is 432 g/mol. The number of anilines is 1. The molecule has 3 fully saturated rings. The third-order valence-electron chi connectivity index (χ3n) is 7.79. The van der Waals surface area contributed by atoms with E-state index in [2.05, 4.69) is 56.4 Å². The molecule has 0 spiro atoms. The van der Waals surface area contributed by atoms with Gasteiger partial charge in [0.25, 0.3) is 0 Å². The zero-order chi connectivity index (χ0) is 21.2. The molecule has 2 aromatic heterocycles. The fourth-order valence-electron chi connectivity index (χ4n) is 5.82. The van der Waals surface area contributed by atoms with Gasteiger partial charge < -0.3 is 19.8 Å². The molecule has 7 nitrogen and oxygen atoms in total. The van der Waals surface area contributed by atoms with Crippen molar-refractivity contribution in [3.63, 3.8) is 0 Å². The van der Waals surface area contributed by atoms with Crippen molar-refractivity contribution in [1.82, 2.24) is 19.9 Å². The predicted octanol–water partition coefficient (Wildman–Crippen LogP) is 3.64. The largest absolute Gasteiger partial charge is 0.491 e. The first-order chi connectivity index (χ1) is 15.7. The van der Waals surface area contributed by atoms with Crippen molar-refractivity contribution in [3.05, 3.63) is 47.4 Å². The van der Waals surface area contributed by atoms with Crippen LogP contribution in [-0.4, -0.2) is 58.8 Å². The van der Waals surface area contributed by atoms with E-state index in [1.165, 1.54) is 29.7 Å². The summed E-state index contributed by atoms with van der Waals surface area (Å²) in [6.45, 7) is 6.74. The van der Waals surface area contributed by atoms with Crippen LogP contribution in [0.1, 0.15) is 41.6 Å². The number of fused-ring (bicyclic) bond motifs is 3. The lowest BCUT2D eigenvalue weighted by molar-refractivity contribution is 0.0952. The van der Waals surface area contributed by atoms with Crippen molar-refractivity contribution in [3.8, 4) is 5.75 Å². The van der Waals surface area contributed by atoms with Gasteiger partial charge in [-0.3, -0.25) is 4.90 Å². The number of nitrogens with one attached hydrogen (secondary N) is 2. The van der Waals surface area contributed by atoms with Crippen LogP contribution in [0.5, 0.6) is 5.75 Å². The fourth-order valence-corrected chi connectivity index (χ4v) is 5.82. The molecule has 0 radical (unpaired) electrons. The Morgan fingerprint density at radius 1 is 1.06 bits per heavy atom. The van der Waals surface area contributed by atoms with Gasteiger partial charge in [0, 0.05) is 36.2 Å². The maximum atomic E-state index is 6.30. The van der Waals surface area contributed by atoms with Crippen molar-refractivity contribution in [2.24, 2.45) is 11.8 Å². The van der Waals surface area contributed by atoms with Crippen LogP contribution in [0.25, 0.3) is 11.0 Å². The number of hydrogen-bond acceptors (Lipinski definition) is 6. The highest BCUT2D eigenvalue weighted by Gasteiger charge is 2.44. The molecule has 4 atom stereocenters. The van der Waals surface area contributed by atoms with Crippen molar-refractivity contribution >= 4 is 16.9 Å². The van der Waals surface area contributed by atoms with E-state index in [0.29, 0.717) is 24.4 Å². The summed E-state index contributed by atoms with van der Waals surface area (Å²) in [6, 6.07) is 9.17. The average Bonchev–Trinajstić information content (AvgIpc) is 3.20. The van der Waals surface area contributed by atoms with E-state index in [1.54, 1.807) is 6.33 Å². The number of H-pyrrole nitrogens is 1. The van der Waals surface area contributed by atoms with E-state index in [0.717, 1.165) is 48.9 Å². The molecule has 3 aromatic rings. The summed E-state index contributed by atoms with van der Waals surface area (Å²) in [4.78, 5) is 15.3. The van der Waals surface area contributed by atoms with Crippen molar-refractivity contribution in [2.45, 2.75) is 37.8 Å². The van der Waals surface area contributed by atoms with Crippen LogP contribution < -0.4 is 10.1 Å². The molecule has 1 aliphatic carbocycles. The van der Waals surface area contributed by atoms with Crippen LogP contribution in [0.3, 0.4) is 0 Å². The third kappa shape index (κ3) is 3.10. The first-order valence-corrected chi connectivity index (χ1v) is 11.9. The van der Waals surface area contributed by atoms with Crippen molar-refractivity contribution < 1.29 is 9.47 Å². The summed E-state index contributed by atoms with van der Waals surface area (Å²) in [5.74, 6) is 3.84. The lowest BCUT2D eigenvalue weighted by atomic mass is 9.94. The van der Waals surface area contributed by atoms with Crippen LogP contribution in [0.15, 0.2) is 30.6 Å². The van der Waals surface area contributed by atoms with E-state index in [9.17, 15) is 0 Å². The number of hydrogen-bond donors (Lipinski definition) is 2. The predicted molar refractivity (Wildman–Crippen MR) is 122 cm³/mol. The van der Waals surface area contributed by atoms with E-state index in [1.807, 2.05) is 0 Å². The zero-order valence-corrected chi connectivity index (χ0v) is 18.4. The number of benzene rings is 1. The van der Waals surface area contributed by atoms with Gasteiger partial charge in [0.1, 0.15) is 30.1 Å². The van der Waals surface area contributed by atoms with Gasteiger partial charge in [-0.25, -0.2) is 9.97 Å². The number of aryl methyl sites for hydroxylation is 1.